The largest absolute Gasteiger partial charge is 0.322 e. The number of carbonyl (C=O) groups is 2. The van der Waals surface area contributed by atoms with Crippen LogP contribution in [0.5, 0.6) is 0 Å². The maximum atomic E-state index is 10.6. The summed E-state index contributed by atoms with van der Waals surface area (Å²) in [7, 11) is 0. The SMILES string of the molecule is NN=C(C(=O)NN)C(=O)NN. The molecular formula is C3H8N6O2. The first-order valence-corrected chi connectivity index (χ1v) is 2.47. The molecule has 0 spiro atoms. The van der Waals surface area contributed by atoms with Crippen LogP contribution in [0.2, 0.25) is 0 Å². The Labute approximate surface area is 61.7 Å². The molecule has 0 atom stereocenters. The van der Waals surface area contributed by atoms with Crippen LogP contribution in [0.15, 0.2) is 5.10 Å². The zero-order valence-corrected chi connectivity index (χ0v) is 5.50. The minimum absolute atomic E-state index is 0.588. The zero-order chi connectivity index (χ0) is 8.85. The van der Waals surface area contributed by atoms with Gasteiger partial charge in [0.1, 0.15) is 0 Å². The number of nitrogens with zero attached hydrogens (tertiary/aromatic N) is 1. The minimum Gasteiger partial charge on any atom is -0.322 e. The molecule has 0 fully saturated rings. The summed E-state index contributed by atoms with van der Waals surface area (Å²) in [6.45, 7) is 0. The number of hydrazine groups is 2. The van der Waals surface area contributed by atoms with E-state index in [9.17, 15) is 9.59 Å². The lowest BCUT2D eigenvalue weighted by molar-refractivity contribution is -0.119. The Kier molecular flexibility index (Phi) is 3.56. The van der Waals surface area contributed by atoms with Gasteiger partial charge in [-0.15, -0.1) is 0 Å². The lowest BCUT2D eigenvalue weighted by atomic mass is 10.3. The van der Waals surface area contributed by atoms with Crippen LogP contribution in [-0.2, 0) is 9.59 Å². The Hall–Kier alpha value is -1.67. The van der Waals surface area contributed by atoms with Gasteiger partial charge < -0.3 is 5.84 Å². The second-order valence-corrected chi connectivity index (χ2v) is 1.42. The van der Waals surface area contributed by atoms with Crippen LogP contribution in [0.3, 0.4) is 0 Å². The zero-order valence-electron chi connectivity index (χ0n) is 5.50. The molecule has 0 saturated carbocycles. The molecule has 62 valence electrons. The van der Waals surface area contributed by atoms with E-state index in [1.54, 1.807) is 10.9 Å². The average molecular weight is 160 g/mol. The molecule has 0 saturated heterocycles. The van der Waals surface area contributed by atoms with Crippen molar-refractivity contribution in [3.8, 4) is 0 Å². The van der Waals surface area contributed by atoms with Gasteiger partial charge in [-0.25, -0.2) is 11.7 Å². The van der Waals surface area contributed by atoms with E-state index in [1.807, 2.05) is 0 Å². The van der Waals surface area contributed by atoms with Crippen molar-refractivity contribution in [3.05, 3.63) is 0 Å². The normalized spacial score (nSPS) is 8.18. The molecule has 0 radical (unpaired) electrons. The van der Waals surface area contributed by atoms with Gasteiger partial charge in [0.15, 0.2) is 0 Å². The third kappa shape index (κ3) is 2.20. The van der Waals surface area contributed by atoms with Crippen molar-refractivity contribution in [2.24, 2.45) is 22.6 Å². The quantitative estimate of drug-likeness (QED) is 0.0925. The van der Waals surface area contributed by atoms with Crippen molar-refractivity contribution >= 4 is 17.5 Å². The fraction of sp³-hybridized carbons (Fsp3) is 0. The third-order valence-electron chi connectivity index (χ3n) is 0.821. The van der Waals surface area contributed by atoms with Crippen molar-refractivity contribution < 1.29 is 9.59 Å². The molecule has 0 bridgehead atoms. The summed E-state index contributed by atoms with van der Waals surface area (Å²) in [5.74, 6) is 12.2. The summed E-state index contributed by atoms with van der Waals surface area (Å²) in [4.78, 5) is 21.2. The molecule has 0 aromatic carbocycles. The van der Waals surface area contributed by atoms with Crippen LogP contribution in [0.4, 0.5) is 0 Å². The van der Waals surface area contributed by atoms with Gasteiger partial charge in [-0.1, -0.05) is 0 Å². The van der Waals surface area contributed by atoms with E-state index >= 15 is 0 Å². The Morgan fingerprint density at radius 1 is 1.09 bits per heavy atom. The lowest BCUT2D eigenvalue weighted by Gasteiger charge is -1.99. The molecular weight excluding hydrogens is 152 g/mol. The number of hydrogen-bond acceptors (Lipinski definition) is 6. The molecule has 8 nitrogen and oxygen atoms in total. The van der Waals surface area contributed by atoms with E-state index in [4.69, 9.17) is 0 Å². The highest BCUT2D eigenvalue weighted by molar-refractivity contribution is 6.64. The first-order valence-electron chi connectivity index (χ1n) is 2.47. The molecule has 8 N–H and O–H groups in total. The van der Waals surface area contributed by atoms with Gasteiger partial charge in [-0.05, 0) is 0 Å². The van der Waals surface area contributed by atoms with Gasteiger partial charge in [-0.3, -0.25) is 20.4 Å². The van der Waals surface area contributed by atoms with Crippen molar-refractivity contribution in [1.82, 2.24) is 10.9 Å². The average Bonchev–Trinajstić information content (AvgIpc) is 2.05. The highest BCUT2D eigenvalue weighted by Gasteiger charge is 2.17. The maximum absolute atomic E-state index is 10.6. The molecule has 0 heterocycles. The van der Waals surface area contributed by atoms with Crippen molar-refractivity contribution in [3.63, 3.8) is 0 Å². The van der Waals surface area contributed by atoms with Gasteiger partial charge in [0.05, 0.1) is 0 Å². The van der Waals surface area contributed by atoms with Crippen LogP contribution in [-0.4, -0.2) is 17.5 Å². The molecule has 0 aliphatic carbocycles. The number of amides is 2. The fourth-order valence-corrected chi connectivity index (χ4v) is 0.357. The molecule has 0 aliphatic rings. The van der Waals surface area contributed by atoms with E-state index in [-0.39, 0.29) is 0 Å². The molecule has 0 aliphatic heterocycles. The summed E-state index contributed by atoms with van der Waals surface area (Å²) in [5, 5.41) is 2.86. The summed E-state index contributed by atoms with van der Waals surface area (Å²) < 4.78 is 0. The summed E-state index contributed by atoms with van der Waals surface area (Å²) in [5.41, 5.74) is 2.74. The third-order valence-corrected chi connectivity index (χ3v) is 0.821. The lowest BCUT2D eigenvalue weighted by Crippen LogP contribution is -2.47. The van der Waals surface area contributed by atoms with Gasteiger partial charge in [0.25, 0.3) is 11.8 Å². The molecule has 0 rings (SSSR count). The summed E-state index contributed by atoms with van der Waals surface area (Å²) in [6.07, 6.45) is 0. The van der Waals surface area contributed by atoms with Gasteiger partial charge >= 0.3 is 0 Å². The van der Waals surface area contributed by atoms with Crippen LogP contribution in [0.1, 0.15) is 0 Å². The first-order chi connectivity index (χ1) is 5.17. The van der Waals surface area contributed by atoms with Crippen molar-refractivity contribution in [2.45, 2.75) is 0 Å². The van der Waals surface area contributed by atoms with Crippen LogP contribution < -0.4 is 28.4 Å². The Morgan fingerprint density at radius 3 is 1.64 bits per heavy atom. The molecule has 0 aromatic heterocycles. The summed E-state index contributed by atoms with van der Waals surface area (Å²) >= 11 is 0. The fourth-order valence-electron chi connectivity index (χ4n) is 0.357. The van der Waals surface area contributed by atoms with Gasteiger partial charge in [0.2, 0.25) is 5.71 Å². The predicted octanol–water partition coefficient (Wildman–Crippen LogP) is -3.72. The first kappa shape index (κ1) is 9.33. The number of rotatable bonds is 2. The van der Waals surface area contributed by atoms with Crippen molar-refractivity contribution in [2.75, 3.05) is 0 Å². The number of nitrogens with one attached hydrogen (secondary N) is 2. The summed E-state index contributed by atoms with van der Waals surface area (Å²) in [6, 6.07) is 0. The Balaban J connectivity index is 4.43. The molecule has 0 aromatic rings. The molecule has 2 amide bonds. The number of nitrogens with two attached hydrogens (primary N) is 3. The Morgan fingerprint density at radius 2 is 1.45 bits per heavy atom. The van der Waals surface area contributed by atoms with E-state index in [0.717, 1.165) is 0 Å². The molecule has 8 heteroatoms. The topological polar surface area (TPSA) is 149 Å². The standard InChI is InChI=1S/C3H8N6O2/c4-7-1(2(10)8-5)3(11)9-6/h4-6H2,(H,8,10)(H,9,11). The van der Waals surface area contributed by atoms with E-state index in [0.29, 0.717) is 0 Å². The number of hydrazone groups is 1. The smallest absolute Gasteiger partial charge is 0.291 e. The second-order valence-electron chi connectivity index (χ2n) is 1.42. The van der Waals surface area contributed by atoms with Crippen LogP contribution >= 0.6 is 0 Å². The second kappa shape index (κ2) is 4.19. The van der Waals surface area contributed by atoms with Crippen LogP contribution in [0.25, 0.3) is 0 Å². The van der Waals surface area contributed by atoms with Crippen LogP contribution in [0, 0.1) is 0 Å². The van der Waals surface area contributed by atoms with E-state index in [1.165, 1.54) is 0 Å². The number of hydrogen-bond donors (Lipinski definition) is 5. The highest BCUT2D eigenvalue weighted by Crippen LogP contribution is 1.73. The van der Waals surface area contributed by atoms with Gasteiger partial charge in [-0.2, -0.15) is 5.10 Å². The highest BCUT2D eigenvalue weighted by atomic mass is 16.2. The van der Waals surface area contributed by atoms with E-state index in [2.05, 4.69) is 22.6 Å². The predicted molar refractivity (Wildman–Crippen MR) is 36.3 cm³/mol. The minimum atomic E-state index is -0.907. The van der Waals surface area contributed by atoms with Gasteiger partial charge in [0, 0.05) is 0 Å². The van der Waals surface area contributed by atoms with E-state index < -0.39 is 17.5 Å². The maximum Gasteiger partial charge on any atom is 0.291 e. The molecule has 11 heavy (non-hydrogen) atoms. The van der Waals surface area contributed by atoms with Crippen molar-refractivity contribution in [1.29, 1.82) is 0 Å². The molecule has 0 unspecified atom stereocenters. The number of carbonyl (C=O) groups excluding carboxylic acids is 2. The monoisotopic (exact) mass is 160 g/mol. The Bertz CT molecular complexity index is 180.